The summed E-state index contributed by atoms with van der Waals surface area (Å²) in [4.78, 5) is 9.25. The number of aromatic hydroxyl groups is 1. The van der Waals surface area contributed by atoms with E-state index in [1.165, 1.54) is 6.42 Å². The molecule has 1 atom stereocenters. The second kappa shape index (κ2) is 6.01. The van der Waals surface area contributed by atoms with Gasteiger partial charge in [0.25, 0.3) is 0 Å². The summed E-state index contributed by atoms with van der Waals surface area (Å²) in [6.07, 6.45) is 6.21. The summed E-state index contributed by atoms with van der Waals surface area (Å²) in [6, 6.07) is 11.0. The minimum absolute atomic E-state index is 0.219. The molecule has 1 aliphatic heterocycles. The normalized spacial score (nSPS) is 18.3. The maximum atomic E-state index is 9.54. The lowest BCUT2D eigenvalue weighted by Crippen LogP contribution is -2.23. The van der Waals surface area contributed by atoms with Crippen molar-refractivity contribution in [3.05, 3.63) is 48.4 Å². The van der Waals surface area contributed by atoms with Crippen LogP contribution < -0.4 is 0 Å². The average molecular weight is 309 g/mol. The lowest BCUT2D eigenvalue weighted by molar-refractivity contribution is 0.0155. The number of nitrogens with zero attached hydrogens (tertiary/aromatic N) is 3. The third-order valence-corrected chi connectivity index (χ3v) is 4.28. The monoisotopic (exact) mass is 309 g/mol. The van der Waals surface area contributed by atoms with Gasteiger partial charge in [-0.2, -0.15) is 0 Å². The number of aromatic nitrogens is 3. The van der Waals surface area contributed by atoms with E-state index in [2.05, 4.69) is 9.55 Å². The molecule has 3 aromatic rings. The van der Waals surface area contributed by atoms with E-state index in [0.29, 0.717) is 0 Å². The average Bonchev–Trinajstić information content (AvgIpc) is 2.94. The fourth-order valence-electron chi connectivity index (χ4n) is 3.14. The number of hydrogen-bond donors (Lipinski definition) is 1. The smallest absolute Gasteiger partial charge is 0.164 e. The minimum atomic E-state index is 0.219. The van der Waals surface area contributed by atoms with Crippen molar-refractivity contribution < 1.29 is 9.84 Å². The Hall–Kier alpha value is -2.40. The van der Waals surface area contributed by atoms with Crippen LogP contribution in [0.25, 0.3) is 16.9 Å². The van der Waals surface area contributed by atoms with E-state index in [1.807, 2.05) is 24.3 Å². The highest BCUT2D eigenvalue weighted by Gasteiger charge is 2.20. The molecule has 2 aromatic heterocycles. The van der Waals surface area contributed by atoms with E-state index < -0.39 is 0 Å². The van der Waals surface area contributed by atoms with E-state index in [1.54, 1.807) is 18.3 Å². The second-order valence-electron chi connectivity index (χ2n) is 5.92. The molecule has 4 rings (SSSR count). The van der Waals surface area contributed by atoms with E-state index in [-0.39, 0.29) is 11.9 Å². The van der Waals surface area contributed by atoms with Crippen LogP contribution in [0.1, 0.15) is 25.1 Å². The van der Waals surface area contributed by atoms with Gasteiger partial charge in [0.05, 0.1) is 6.10 Å². The molecule has 118 valence electrons. The van der Waals surface area contributed by atoms with Gasteiger partial charge >= 0.3 is 0 Å². The number of hydrogen-bond acceptors (Lipinski definition) is 4. The van der Waals surface area contributed by atoms with E-state index in [4.69, 9.17) is 9.72 Å². The number of imidazole rings is 1. The van der Waals surface area contributed by atoms with Gasteiger partial charge in [-0.25, -0.2) is 9.97 Å². The molecule has 0 radical (unpaired) electrons. The summed E-state index contributed by atoms with van der Waals surface area (Å²) < 4.78 is 7.94. The molecule has 1 N–H and O–H groups in total. The Labute approximate surface area is 134 Å². The zero-order chi connectivity index (χ0) is 15.6. The van der Waals surface area contributed by atoms with Gasteiger partial charge in [0, 0.05) is 24.9 Å². The van der Waals surface area contributed by atoms with Gasteiger partial charge in [0.2, 0.25) is 0 Å². The van der Waals surface area contributed by atoms with Crippen molar-refractivity contribution in [2.24, 2.45) is 0 Å². The number of pyridine rings is 1. The van der Waals surface area contributed by atoms with Gasteiger partial charge < -0.3 is 9.84 Å². The molecular formula is C18H19N3O2. The molecule has 1 saturated heterocycles. The van der Waals surface area contributed by atoms with Crippen molar-refractivity contribution in [3.8, 4) is 11.4 Å². The summed E-state index contributed by atoms with van der Waals surface area (Å²) in [5, 5.41) is 9.54. The highest BCUT2D eigenvalue weighted by atomic mass is 16.5. The number of rotatable bonds is 3. The molecule has 5 nitrogen and oxygen atoms in total. The van der Waals surface area contributed by atoms with Crippen LogP contribution in [0.5, 0.6) is 5.75 Å². The second-order valence-corrected chi connectivity index (χ2v) is 5.92. The molecule has 3 heterocycles. The highest BCUT2D eigenvalue weighted by Crippen LogP contribution is 2.24. The van der Waals surface area contributed by atoms with Crippen molar-refractivity contribution in [2.45, 2.75) is 31.8 Å². The first-order valence-electron chi connectivity index (χ1n) is 8.04. The van der Waals surface area contributed by atoms with Crippen LogP contribution in [0.4, 0.5) is 0 Å². The molecule has 0 bridgehead atoms. The van der Waals surface area contributed by atoms with Crippen molar-refractivity contribution in [2.75, 3.05) is 6.61 Å². The molecule has 0 amide bonds. The third-order valence-electron chi connectivity index (χ3n) is 4.28. The van der Waals surface area contributed by atoms with Gasteiger partial charge in [-0.05, 0) is 55.7 Å². The van der Waals surface area contributed by atoms with Crippen molar-refractivity contribution in [3.63, 3.8) is 0 Å². The molecule has 0 spiro atoms. The fourth-order valence-corrected chi connectivity index (χ4v) is 3.14. The molecule has 0 aliphatic carbocycles. The largest absolute Gasteiger partial charge is 0.508 e. The SMILES string of the molecule is Oc1ccc(-n2c(CC3CCCCO3)nc3cccnc32)cc1. The van der Waals surface area contributed by atoms with Gasteiger partial charge in [0.1, 0.15) is 17.1 Å². The Morgan fingerprint density at radius 1 is 1.17 bits per heavy atom. The van der Waals surface area contributed by atoms with Crippen LogP contribution in [-0.4, -0.2) is 32.4 Å². The lowest BCUT2D eigenvalue weighted by Gasteiger charge is -2.22. The Kier molecular flexibility index (Phi) is 3.71. The maximum absolute atomic E-state index is 9.54. The predicted molar refractivity (Wildman–Crippen MR) is 87.8 cm³/mol. The maximum Gasteiger partial charge on any atom is 0.164 e. The summed E-state index contributed by atoms with van der Waals surface area (Å²) in [5.41, 5.74) is 2.67. The summed E-state index contributed by atoms with van der Waals surface area (Å²) >= 11 is 0. The molecule has 1 fully saturated rings. The van der Waals surface area contributed by atoms with E-state index >= 15 is 0 Å². The van der Waals surface area contributed by atoms with Crippen molar-refractivity contribution in [1.29, 1.82) is 0 Å². The molecule has 23 heavy (non-hydrogen) atoms. The molecule has 0 saturated carbocycles. The Morgan fingerprint density at radius 2 is 2.04 bits per heavy atom. The number of phenols is 1. The van der Waals surface area contributed by atoms with Gasteiger partial charge in [-0.3, -0.25) is 4.57 Å². The first kappa shape index (κ1) is 14.2. The van der Waals surface area contributed by atoms with Gasteiger partial charge in [-0.1, -0.05) is 0 Å². The topological polar surface area (TPSA) is 60.2 Å². The summed E-state index contributed by atoms with van der Waals surface area (Å²) in [7, 11) is 0. The summed E-state index contributed by atoms with van der Waals surface area (Å²) in [6.45, 7) is 0.836. The fraction of sp³-hybridized carbons (Fsp3) is 0.333. The van der Waals surface area contributed by atoms with Crippen molar-refractivity contribution >= 4 is 11.2 Å². The molecule has 1 aromatic carbocycles. The molecule has 5 heteroatoms. The highest BCUT2D eigenvalue weighted by molar-refractivity contribution is 5.73. The zero-order valence-corrected chi connectivity index (χ0v) is 12.9. The molecule has 1 unspecified atom stereocenters. The summed E-state index contributed by atoms with van der Waals surface area (Å²) in [5.74, 6) is 1.21. The zero-order valence-electron chi connectivity index (χ0n) is 12.9. The van der Waals surface area contributed by atoms with Crippen LogP contribution in [0.2, 0.25) is 0 Å². The van der Waals surface area contributed by atoms with Crippen LogP contribution in [0, 0.1) is 0 Å². The lowest BCUT2D eigenvalue weighted by atomic mass is 10.1. The van der Waals surface area contributed by atoms with Crippen LogP contribution in [0.3, 0.4) is 0 Å². The van der Waals surface area contributed by atoms with Crippen LogP contribution in [-0.2, 0) is 11.2 Å². The third kappa shape index (κ3) is 2.80. The quantitative estimate of drug-likeness (QED) is 0.807. The Bertz CT molecular complexity index is 805. The number of benzene rings is 1. The van der Waals surface area contributed by atoms with Gasteiger partial charge in [0.15, 0.2) is 5.65 Å². The van der Waals surface area contributed by atoms with Crippen molar-refractivity contribution in [1.82, 2.24) is 14.5 Å². The standard InChI is InChI=1S/C18H19N3O2/c22-14-8-6-13(7-9-14)21-17(12-15-4-1-2-11-23-15)20-16-5-3-10-19-18(16)21/h3,5-10,15,22H,1-2,4,11-12H2. The first-order valence-corrected chi connectivity index (χ1v) is 8.04. The first-order chi connectivity index (χ1) is 11.3. The minimum Gasteiger partial charge on any atom is -0.508 e. The van der Waals surface area contributed by atoms with E-state index in [0.717, 1.165) is 48.5 Å². The molecule has 1 aliphatic rings. The number of phenolic OH excluding ortho intramolecular Hbond substituents is 1. The number of fused-ring (bicyclic) bond motifs is 1. The van der Waals surface area contributed by atoms with E-state index in [9.17, 15) is 5.11 Å². The Balaban J connectivity index is 1.79. The van der Waals surface area contributed by atoms with Crippen LogP contribution >= 0.6 is 0 Å². The predicted octanol–water partition coefficient (Wildman–Crippen LogP) is 3.24. The van der Waals surface area contributed by atoms with Gasteiger partial charge in [-0.15, -0.1) is 0 Å². The Morgan fingerprint density at radius 3 is 2.83 bits per heavy atom. The molecular weight excluding hydrogens is 290 g/mol. The van der Waals surface area contributed by atoms with Crippen LogP contribution in [0.15, 0.2) is 42.6 Å². The number of ether oxygens (including phenoxy) is 1.